The van der Waals surface area contributed by atoms with Crippen molar-refractivity contribution in [3.63, 3.8) is 0 Å². The number of halogens is 1. The minimum absolute atomic E-state index is 0.0121. The molecule has 2 amide bonds. The number of likely N-dealkylation sites (tertiary alicyclic amines) is 1. The highest BCUT2D eigenvalue weighted by Crippen LogP contribution is 2.34. The van der Waals surface area contributed by atoms with Crippen LogP contribution >= 0.6 is 22.9 Å². The molecule has 12 heteroatoms. The van der Waals surface area contributed by atoms with Gasteiger partial charge in [0.1, 0.15) is 42.9 Å². The highest BCUT2D eigenvalue weighted by Gasteiger charge is 2.53. The molecule has 0 spiro atoms. The number of hydrogen-bond donors (Lipinski definition) is 1. The van der Waals surface area contributed by atoms with Crippen LogP contribution in [0.25, 0.3) is 10.6 Å². The monoisotopic (exact) mass is 550 g/mol. The predicted molar refractivity (Wildman–Crippen MR) is 135 cm³/mol. The number of rotatable bonds is 6. The molecule has 1 aliphatic carbocycles. The minimum Gasteiger partial charge on any atom is -0.612 e. The first kappa shape index (κ1) is 25.6. The van der Waals surface area contributed by atoms with Crippen LogP contribution < -0.4 is 5.32 Å². The number of alkyl halides is 1. The second kappa shape index (κ2) is 10.7. The zero-order valence-corrected chi connectivity index (χ0v) is 22.1. The summed E-state index contributed by atoms with van der Waals surface area (Å²) in [5, 5.41) is 10.5. The molecule has 2 aromatic heterocycles. The van der Waals surface area contributed by atoms with Gasteiger partial charge in [0.25, 0.3) is 5.91 Å². The van der Waals surface area contributed by atoms with E-state index in [0.717, 1.165) is 32.1 Å². The summed E-state index contributed by atoms with van der Waals surface area (Å²) in [6.07, 6.45) is 7.28. The number of nitrogens with zero attached hydrogens (tertiary/aromatic N) is 3. The number of ether oxygens (including phenoxy) is 1. The molecule has 3 aliphatic rings. The molecule has 4 heterocycles. The third kappa shape index (κ3) is 5.04. The lowest BCUT2D eigenvalue weighted by molar-refractivity contribution is -0.139. The summed E-state index contributed by atoms with van der Waals surface area (Å²) in [4.78, 5) is 42.8. The lowest BCUT2D eigenvalue weighted by atomic mass is 9.83. The zero-order chi connectivity index (χ0) is 25.4. The molecule has 2 aliphatic heterocycles. The van der Waals surface area contributed by atoms with Gasteiger partial charge in [-0.25, -0.2) is 0 Å². The number of carbonyl (C=O) groups excluding carboxylic acids is 3. The molecule has 36 heavy (non-hydrogen) atoms. The maximum atomic E-state index is 13.8. The molecular formula is C24H27ClN4O5S2. The highest BCUT2D eigenvalue weighted by molar-refractivity contribution is 7.90. The summed E-state index contributed by atoms with van der Waals surface area (Å²) >= 11 is 6.44. The number of aromatic nitrogens is 2. The van der Waals surface area contributed by atoms with Crippen LogP contribution in [0.1, 0.15) is 41.8 Å². The van der Waals surface area contributed by atoms with Crippen molar-refractivity contribution in [1.29, 1.82) is 0 Å². The second-order valence-electron chi connectivity index (χ2n) is 9.44. The largest absolute Gasteiger partial charge is 0.612 e. The second-order valence-corrected chi connectivity index (χ2v) is 12.5. The van der Waals surface area contributed by atoms with Gasteiger partial charge in [0.2, 0.25) is 5.91 Å². The van der Waals surface area contributed by atoms with E-state index in [1.165, 1.54) is 22.4 Å². The number of Topliss-reactive ketones (excluding diaryl/α,β-unsaturated/α-hetero) is 1. The van der Waals surface area contributed by atoms with Crippen molar-refractivity contribution in [1.82, 2.24) is 20.4 Å². The molecule has 5 atom stereocenters. The molecule has 3 fully saturated rings. The topological polar surface area (TPSA) is 125 Å². The molecular weight excluding hydrogens is 524 g/mol. The Morgan fingerprint density at radius 2 is 2.08 bits per heavy atom. The molecule has 1 N–H and O–H groups in total. The van der Waals surface area contributed by atoms with E-state index in [0.29, 0.717) is 20.3 Å². The van der Waals surface area contributed by atoms with E-state index in [1.54, 1.807) is 24.5 Å². The Kier molecular flexibility index (Phi) is 7.64. The average Bonchev–Trinajstić information content (AvgIpc) is 3.61. The SMILES string of the molecule is C[S+]([O-])c1cnnc(-c2ccc(C(=O)NC(C(=O)N3C[C@H](Cl)[C@H]4OCC(=O)[C@H]43)C3CCCCC3)s2)c1. The average molecular weight is 551 g/mol. The molecule has 192 valence electrons. The Balaban J connectivity index is 1.36. The Morgan fingerprint density at radius 1 is 1.31 bits per heavy atom. The summed E-state index contributed by atoms with van der Waals surface area (Å²) < 4.78 is 17.3. The normalized spacial score (nSPS) is 26.0. The van der Waals surface area contributed by atoms with E-state index in [4.69, 9.17) is 16.3 Å². The lowest BCUT2D eigenvalue weighted by Crippen LogP contribution is -2.55. The van der Waals surface area contributed by atoms with E-state index in [9.17, 15) is 18.9 Å². The zero-order valence-electron chi connectivity index (χ0n) is 19.7. The molecule has 5 rings (SSSR count). The molecule has 9 nitrogen and oxygen atoms in total. The molecule has 0 aromatic carbocycles. The van der Waals surface area contributed by atoms with Gasteiger partial charge in [-0.15, -0.1) is 28.0 Å². The van der Waals surface area contributed by atoms with Crippen LogP contribution in [0.2, 0.25) is 0 Å². The third-order valence-corrected chi connectivity index (χ3v) is 9.50. The van der Waals surface area contributed by atoms with Gasteiger partial charge in [-0.05, 0) is 42.1 Å². The fourth-order valence-corrected chi connectivity index (χ4v) is 6.99. The molecule has 0 radical (unpaired) electrons. The minimum atomic E-state index is -1.20. The van der Waals surface area contributed by atoms with Crippen molar-refractivity contribution in [2.75, 3.05) is 19.4 Å². The number of fused-ring (bicyclic) bond motifs is 1. The smallest absolute Gasteiger partial charge is 0.262 e. The number of carbonyl (C=O) groups is 3. The van der Waals surface area contributed by atoms with Gasteiger partial charge >= 0.3 is 0 Å². The van der Waals surface area contributed by atoms with E-state index in [1.807, 2.05) is 0 Å². The standard InChI is InChI=1S/C24H27ClN4O5S2/c1-36(33)14-9-16(28-26-10-14)18-7-8-19(35-18)23(31)27-20(13-5-3-2-4-6-13)24(32)29-11-15(25)22-21(29)17(30)12-34-22/h7-10,13,15,20-22H,2-6,11-12H2,1H3,(H,27,31)/t15-,20?,21+,22+,36?/m0/s1. The van der Waals surface area contributed by atoms with Crippen LogP contribution in [-0.4, -0.2) is 80.2 Å². The van der Waals surface area contributed by atoms with E-state index in [-0.39, 0.29) is 36.7 Å². The summed E-state index contributed by atoms with van der Waals surface area (Å²) in [7, 11) is 0. The van der Waals surface area contributed by atoms with Crippen LogP contribution in [0, 0.1) is 5.92 Å². The molecule has 2 unspecified atom stereocenters. The van der Waals surface area contributed by atoms with Crippen molar-refractivity contribution < 1.29 is 23.7 Å². The van der Waals surface area contributed by atoms with Crippen molar-refractivity contribution in [2.45, 2.75) is 60.6 Å². The van der Waals surface area contributed by atoms with E-state index < -0.39 is 34.7 Å². The van der Waals surface area contributed by atoms with Gasteiger partial charge in [0.15, 0.2) is 10.7 Å². The fourth-order valence-electron chi connectivity index (χ4n) is 5.29. The Labute approximate surface area is 221 Å². The van der Waals surface area contributed by atoms with Crippen molar-refractivity contribution >= 4 is 51.7 Å². The number of thiophene rings is 1. The Bertz CT molecular complexity index is 1160. The van der Waals surface area contributed by atoms with Gasteiger partial charge in [-0.2, -0.15) is 5.10 Å². The fraction of sp³-hybridized carbons (Fsp3) is 0.542. The van der Waals surface area contributed by atoms with Crippen molar-refractivity contribution in [3.05, 3.63) is 29.3 Å². The van der Waals surface area contributed by atoms with E-state index >= 15 is 0 Å². The van der Waals surface area contributed by atoms with Gasteiger partial charge in [-0.1, -0.05) is 19.3 Å². The van der Waals surface area contributed by atoms with Gasteiger partial charge in [-0.3, -0.25) is 14.4 Å². The Hall–Kier alpha value is -2.05. The van der Waals surface area contributed by atoms with Gasteiger partial charge in [0, 0.05) is 12.6 Å². The van der Waals surface area contributed by atoms with Gasteiger partial charge in [0.05, 0.1) is 15.1 Å². The van der Waals surface area contributed by atoms with Gasteiger partial charge < -0.3 is 19.5 Å². The Morgan fingerprint density at radius 3 is 2.83 bits per heavy atom. The maximum absolute atomic E-state index is 13.8. The van der Waals surface area contributed by atoms with E-state index in [2.05, 4.69) is 15.5 Å². The van der Waals surface area contributed by atoms with Crippen LogP contribution in [0.4, 0.5) is 0 Å². The molecule has 1 saturated carbocycles. The quantitative estimate of drug-likeness (QED) is 0.432. The summed E-state index contributed by atoms with van der Waals surface area (Å²) in [5.41, 5.74) is 0.530. The van der Waals surface area contributed by atoms with Crippen molar-refractivity contribution in [3.8, 4) is 10.6 Å². The van der Waals surface area contributed by atoms with Crippen LogP contribution in [0.5, 0.6) is 0 Å². The van der Waals surface area contributed by atoms with Crippen LogP contribution in [0.3, 0.4) is 0 Å². The van der Waals surface area contributed by atoms with Crippen LogP contribution in [-0.2, 0) is 25.5 Å². The first-order valence-corrected chi connectivity index (χ1v) is 14.8. The summed E-state index contributed by atoms with van der Waals surface area (Å²) in [6.45, 7) is 0.175. The number of nitrogens with one attached hydrogen (secondary N) is 1. The first-order valence-electron chi connectivity index (χ1n) is 12.0. The number of hydrogen-bond acceptors (Lipinski definition) is 8. The van der Waals surface area contributed by atoms with Crippen LogP contribution in [0.15, 0.2) is 29.3 Å². The number of amides is 2. The summed E-state index contributed by atoms with van der Waals surface area (Å²) in [6, 6.07) is 3.71. The predicted octanol–water partition coefficient (Wildman–Crippen LogP) is 2.41. The van der Waals surface area contributed by atoms with Crippen molar-refractivity contribution in [2.24, 2.45) is 5.92 Å². The molecule has 2 aromatic rings. The molecule has 0 bridgehead atoms. The first-order chi connectivity index (χ1) is 17.3. The highest BCUT2D eigenvalue weighted by atomic mass is 35.5. The summed E-state index contributed by atoms with van der Waals surface area (Å²) in [5.74, 6) is -0.787. The number of ketones is 1. The maximum Gasteiger partial charge on any atom is 0.262 e. The molecule has 2 saturated heterocycles. The third-order valence-electron chi connectivity index (χ3n) is 7.12. The lowest BCUT2D eigenvalue weighted by Gasteiger charge is -2.34.